The molecule has 0 amide bonds. The summed E-state index contributed by atoms with van der Waals surface area (Å²) in [5.41, 5.74) is 3.26. The number of ether oxygens (including phenoxy) is 1. The number of benzene rings is 2. The number of anilines is 1. The fourth-order valence-corrected chi connectivity index (χ4v) is 5.90. The molecule has 2 aromatic carbocycles. The number of rotatable bonds is 4. The van der Waals surface area contributed by atoms with Crippen molar-refractivity contribution in [2.45, 2.75) is 43.6 Å². The third-order valence-corrected chi connectivity index (χ3v) is 7.58. The molecule has 1 aromatic heterocycles. The summed E-state index contributed by atoms with van der Waals surface area (Å²) in [6, 6.07) is 12.3. The molecule has 2 unspecified atom stereocenters. The van der Waals surface area contributed by atoms with E-state index >= 15 is 0 Å². The SMILES string of the molecule is [C-]#[N+]C[C@@H]1CCCN(c2nc(SC)nc3c2C(C)OC(c2cccc4cccc(Cl)c24)C3)C1. The fourth-order valence-electron chi connectivity index (χ4n) is 5.23. The van der Waals surface area contributed by atoms with Gasteiger partial charge in [-0.2, -0.15) is 0 Å². The topological polar surface area (TPSA) is 42.6 Å². The highest BCUT2D eigenvalue weighted by atomic mass is 35.5. The molecule has 0 saturated carbocycles. The summed E-state index contributed by atoms with van der Waals surface area (Å²) in [6.07, 6.45) is 4.64. The van der Waals surface area contributed by atoms with Crippen LogP contribution in [0.25, 0.3) is 15.6 Å². The van der Waals surface area contributed by atoms with Gasteiger partial charge in [0.05, 0.1) is 17.9 Å². The lowest BCUT2D eigenvalue weighted by molar-refractivity contribution is -0.0179. The largest absolute Gasteiger partial charge is 0.365 e. The Bertz CT molecular complexity index is 1220. The second-order valence-corrected chi connectivity index (χ2v) is 10.0. The van der Waals surface area contributed by atoms with Crippen LogP contribution >= 0.6 is 23.4 Å². The molecule has 3 aromatic rings. The molecular formula is C26H27ClN4OS. The molecule has 33 heavy (non-hydrogen) atoms. The Hall–Kier alpha value is -2.33. The van der Waals surface area contributed by atoms with Crippen molar-refractivity contribution in [3.63, 3.8) is 0 Å². The summed E-state index contributed by atoms with van der Waals surface area (Å²) >= 11 is 8.19. The standard InChI is InChI=1S/C26H27ClN4OS/c1-16-23-21(13-22(32-16)19-10-4-8-18-9-5-11-20(27)24(18)19)29-26(33-3)30-25(23)31-12-6-7-17(15-31)14-28-2/h4-5,8-11,16-17,22H,6-7,12-15H2,1,3H3/t16?,17-,22?/m0/s1. The number of thioether (sulfide) groups is 1. The van der Waals surface area contributed by atoms with Crippen LogP contribution in [0.1, 0.15) is 48.8 Å². The molecule has 0 bridgehead atoms. The van der Waals surface area contributed by atoms with Crippen LogP contribution in [0.5, 0.6) is 0 Å². The van der Waals surface area contributed by atoms with Gasteiger partial charge in [-0.25, -0.2) is 16.5 Å². The van der Waals surface area contributed by atoms with Gasteiger partial charge in [0.15, 0.2) is 5.16 Å². The molecule has 2 aliphatic heterocycles. The molecule has 2 aliphatic rings. The molecule has 0 N–H and O–H groups in total. The number of nitrogens with zero attached hydrogens (tertiary/aromatic N) is 4. The molecule has 170 valence electrons. The number of piperidine rings is 1. The van der Waals surface area contributed by atoms with E-state index in [0.29, 0.717) is 18.9 Å². The van der Waals surface area contributed by atoms with Gasteiger partial charge < -0.3 is 14.5 Å². The van der Waals surface area contributed by atoms with Gasteiger partial charge in [0.2, 0.25) is 6.54 Å². The van der Waals surface area contributed by atoms with Crippen molar-refractivity contribution < 1.29 is 4.74 Å². The normalized spacial score (nSPS) is 22.7. The summed E-state index contributed by atoms with van der Waals surface area (Å²) in [7, 11) is 0. The highest BCUT2D eigenvalue weighted by molar-refractivity contribution is 7.98. The second kappa shape index (κ2) is 9.50. The Kier molecular flexibility index (Phi) is 6.47. The van der Waals surface area contributed by atoms with Gasteiger partial charge in [0, 0.05) is 41.4 Å². The van der Waals surface area contributed by atoms with E-state index in [2.05, 4.69) is 40.9 Å². The molecule has 5 nitrogen and oxygen atoms in total. The fraction of sp³-hybridized carbons (Fsp3) is 0.423. The van der Waals surface area contributed by atoms with Gasteiger partial charge in [0.1, 0.15) is 5.82 Å². The molecule has 0 aliphatic carbocycles. The average Bonchev–Trinajstić information content (AvgIpc) is 2.83. The Labute approximate surface area is 204 Å². The van der Waals surface area contributed by atoms with Gasteiger partial charge in [-0.15, -0.1) is 0 Å². The first-order valence-corrected chi connectivity index (χ1v) is 13.0. The number of fused-ring (bicyclic) bond motifs is 2. The lowest BCUT2D eigenvalue weighted by Crippen LogP contribution is -2.38. The quantitative estimate of drug-likeness (QED) is 0.243. The number of halogens is 1. The van der Waals surface area contributed by atoms with E-state index < -0.39 is 0 Å². The Morgan fingerprint density at radius 3 is 2.85 bits per heavy atom. The van der Waals surface area contributed by atoms with Crippen molar-refractivity contribution in [3.05, 3.63) is 69.7 Å². The van der Waals surface area contributed by atoms with E-state index in [-0.39, 0.29) is 12.2 Å². The zero-order valence-electron chi connectivity index (χ0n) is 18.9. The number of aromatic nitrogens is 2. The zero-order valence-corrected chi connectivity index (χ0v) is 20.5. The first kappa shape index (κ1) is 22.5. The lowest BCUT2D eigenvalue weighted by atomic mass is 9.92. The zero-order chi connectivity index (χ0) is 22.9. The Morgan fingerprint density at radius 2 is 2.06 bits per heavy atom. The van der Waals surface area contributed by atoms with Crippen molar-refractivity contribution in [2.24, 2.45) is 5.92 Å². The lowest BCUT2D eigenvalue weighted by Gasteiger charge is -2.37. The van der Waals surface area contributed by atoms with E-state index in [1.54, 1.807) is 11.8 Å². The minimum Gasteiger partial charge on any atom is -0.365 e. The maximum absolute atomic E-state index is 7.28. The molecule has 0 spiro atoms. The minimum atomic E-state index is -0.136. The molecule has 0 radical (unpaired) electrons. The smallest absolute Gasteiger partial charge is 0.219 e. The first-order chi connectivity index (χ1) is 16.1. The summed E-state index contributed by atoms with van der Waals surface area (Å²) in [4.78, 5) is 15.9. The molecule has 1 fully saturated rings. The Balaban J connectivity index is 1.55. The molecular weight excluding hydrogens is 452 g/mol. The van der Waals surface area contributed by atoms with Crippen LogP contribution in [0.2, 0.25) is 5.02 Å². The van der Waals surface area contributed by atoms with Gasteiger partial charge in [-0.1, -0.05) is 53.7 Å². The van der Waals surface area contributed by atoms with E-state index in [4.69, 9.17) is 32.9 Å². The van der Waals surface area contributed by atoms with Gasteiger partial charge in [-0.05, 0) is 43.0 Å². The summed E-state index contributed by atoms with van der Waals surface area (Å²) in [5, 5.41) is 3.71. The predicted molar refractivity (Wildman–Crippen MR) is 135 cm³/mol. The van der Waals surface area contributed by atoms with Crippen LogP contribution in [0.15, 0.2) is 41.6 Å². The van der Waals surface area contributed by atoms with Crippen LogP contribution < -0.4 is 4.90 Å². The maximum Gasteiger partial charge on any atom is 0.219 e. The van der Waals surface area contributed by atoms with Crippen molar-refractivity contribution in [1.29, 1.82) is 0 Å². The molecule has 3 heterocycles. The van der Waals surface area contributed by atoms with Gasteiger partial charge in [-0.3, -0.25) is 0 Å². The average molecular weight is 479 g/mol. The molecule has 1 saturated heterocycles. The summed E-state index contributed by atoms with van der Waals surface area (Å²) < 4.78 is 6.62. The maximum atomic E-state index is 7.28. The van der Waals surface area contributed by atoms with Gasteiger partial charge in [0.25, 0.3) is 0 Å². The minimum absolute atomic E-state index is 0.121. The molecule has 7 heteroatoms. The van der Waals surface area contributed by atoms with Crippen molar-refractivity contribution in [2.75, 3.05) is 30.8 Å². The van der Waals surface area contributed by atoms with Crippen molar-refractivity contribution >= 4 is 40.0 Å². The Morgan fingerprint density at radius 1 is 1.24 bits per heavy atom. The monoisotopic (exact) mass is 478 g/mol. The van der Waals surface area contributed by atoms with Crippen LogP contribution in [0.3, 0.4) is 0 Å². The second-order valence-electron chi connectivity index (χ2n) is 8.85. The van der Waals surface area contributed by atoms with Crippen molar-refractivity contribution in [3.8, 4) is 0 Å². The van der Waals surface area contributed by atoms with E-state index in [1.807, 2.05) is 18.4 Å². The highest BCUT2D eigenvalue weighted by Crippen LogP contribution is 2.44. The van der Waals surface area contributed by atoms with E-state index in [9.17, 15) is 0 Å². The van der Waals surface area contributed by atoms with Crippen LogP contribution in [0, 0.1) is 12.5 Å². The van der Waals surface area contributed by atoms with Crippen LogP contribution in [0.4, 0.5) is 5.82 Å². The van der Waals surface area contributed by atoms with Gasteiger partial charge >= 0.3 is 0 Å². The first-order valence-electron chi connectivity index (χ1n) is 11.4. The third-order valence-electron chi connectivity index (χ3n) is 6.72. The van der Waals surface area contributed by atoms with Crippen LogP contribution in [-0.2, 0) is 11.2 Å². The van der Waals surface area contributed by atoms with Crippen LogP contribution in [-0.4, -0.2) is 35.9 Å². The summed E-state index contributed by atoms with van der Waals surface area (Å²) in [5.74, 6) is 1.38. The summed E-state index contributed by atoms with van der Waals surface area (Å²) in [6.45, 7) is 11.8. The number of hydrogen-bond donors (Lipinski definition) is 0. The number of hydrogen-bond acceptors (Lipinski definition) is 5. The molecule has 5 rings (SSSR count). The molecule has 3 atom stereocenters. The predicted octanol–water partition coefficient (Wildman–Crippen LogP) is 6.52. The third kappa shape index (κ3) is 4.30. The van der Waals surface area contributed by atoms with Crippen molar-refractivity contribution in [1.82, 2.24) is 9.97 Å². The van der Waals surface area contributed by atoms with E-state index in [0.717, 1.165) is 69.5 Å². The highest BCUT2D eigenvalue weighted by Gasteiger charge is 2.34. The van der Waals surface area contributed by atoms with E-state index in [1.165, 1.54) is 0 Å².